The molecule has 9 nitrogen and oxygen atoms in total. The van der Waals surface area contributed by atoms with Crippen LogP contribution in [0.5, 0.6) is 17.2 Å². The summed E-state index contributed by atoms with van der Waals surface area (Å²) in [5.41, 5.74) is 1.51. The van der Waals surface area contributed by atoms with Crippen LogP contribution in [0.15, 0.2) is 23.4 Å². The van der Waals surface area contributed by atoms with Gasteiger partial charge >= 0.3 is 11.9 Å². The third-order valence-corrected chi connectivity index (χ3v) is 4.29. The molecular formula is C19H24N2O7S. The van der Waals surface area contributed by atoms with Gasteiger partial charge in [0.2, 0.25) is 5.75 Å². The molecule has 0 bridgehead atoms. The Morgan fingerprint density at radius 1 is 1.10 bits per heavy atom. The van der Waals surface area contributed by atoms with Gasteiger partial charge in [-0.15, -0.1) is 0 Å². The van der Waals surface area contributed by atoms with Crippen molar-refractivity contribution >= 4 is 29.3 Å². The minimum atomic E-state index is -0.632. The molecule has 29 heavy (non-hydrogen) atoms. The number of esters is 2. The summed E-state index contributed by atoms with van der Waals surface area (Å²) in [6, 6.07) is 2.65. The fourth-order valence-corrected chi connectivity index (χ4v) is 3.09. The largest absolute Gasteiger partial charge is 0.493 e. The average Bonchev–Trinajstić information content (AvgIpc) is 2.67. The number of hydrogen-bond acceptors (Lipinski definition) is 8. The van der Waals surface area contributed by atoms with Gasteiger partial charge < -0.3 is 34.3 Å². The highest BCUT2D eigenvalue weighted by Gasteiger charge is 2.32. The second kappa shape index (κ2) is 10.1. The molecule has 1 aliphatic heterocycles. The van der Waals surface area contributed by atoms with Gasteiger partial charge in [0.25, 0.3) is 0 Å². The van der Waals surface area contributed by atoms with Crippen molar-refractivity contribution in [2.75, 3.05) is 34.5 Å². The van der Waals surface area contributed by atoms with Crippen LogP contribution < -0.4 is 24.8 Å². The first-order valence-electron chi connectivity index (χ1n) is 8.71. The van der Waals surface area contributed by atoms with E-state index in [4.69, 9.17) is 35.9 Å². The summed E-state index contributed by atoms with van der Waals surface area (Å²) in [6.07, 6.45) is 0. The van der Waals surface area contributed by atoms with Gasteiger partial charge in [-0.2, -0.15) is 0 Å². The van der Waals surface area contributed by atoms with E-state index >= 15 is 0 Å². The summed E-state index contributed by atoms with van der Waals surface area (Å²) < 4.78 is 26.2. The predicted octanol–water partition coefficient (Wildman–Crippen LogP) is 1.61. The van der Waals surface area contributed by atoms with Crippen LogP contribution in [0.3, 0.4) is 0 Å². The number of allylic oxidation sites excluding steroid dienone is 1. The third kappa shape index (κ3) is 5.36. The zero-order valence-electron chi connectivity index (χ0n) is 16.9. The molecule has 1 aliphatic rings. The Labute approximate surface area is 174 Å². The molecule has 0 aromatic heterocycles. The van der Waals surface area contributed by atoms with Crippen LogP contribution in [0.2, 0.25) is 0 Å². The van der Waals surface area contributed by atoms with E-state index < -0.39 is 18.0 Å². The summed E-state index contributed by atoms with van der Waals surface area (Å²) in [5, 5.41) is 6.34. The first kappa shape index (κ1) is 22.4. The van der Waals surface area contributed by atoms with Crippen LogP contribution in [-0.2, 0) is 19.1 Å². The number of hydrogen-bond donors (Lipinski definition) is 2. The van der Waals surface area contributed by atoms with Crippen molar-refractivity contribution in [2.45, 2.75) is 19.9 Å². The van der Waals surface area contributed by atoms with Crippen molar-refractivity contribution in [3.63, 3.8) is 0 Å². The number of nitrogens with one attached hydrogen (secondary N) is 2. The van der Waals surface area contributed by atoms with Crippen LogP contribution in [-0.4, -0.2) is 51.6 Å². The van der Waals surface area contributed by atoms with Crippen molar-refractivity contribution in [3.05, 3.63) is 29.0 Å². The van der Waals surface area contributed by atoms with Gasteiger partial charge in [-0.1, -0.05) is 0 Å². The monoisotopic (exact) mass is 424 g/mol. The molecular weight excluding hydrogens is 400 g/mol. The maximum atomic E-state index is 12.7. The number of ether oxygens (including phenoxy) is 5. The molecule has 0 saturated carbocycles. The van der Waals surface area contributed by atoms with Crippen molar-refractivity contribution < 1.29 is 33.3 Å². The summed E-state index contributed by atoms with van der Waals surface area (Å²) in [6.45, 7) is 3.40. The van der Waals surface area contributed by atoms with Crippen molar-refractivity contribution in [2.24, 2.45) is 0 Å². The van der Waals surface area contributed by atoms with Crippen molar-refractivity contribution in [1.29, 1.82) is 0 Å². The van der Waals surface area contributed by atoms with Gasteiger partial charge in [0.1, 0.15) is 6.61 Å². The number of thiocarbonyl (C=S) groups is 1. The zero-order chi connectivity index (χ0) is 21.6. The van der Waals surface area contributed by atoms with Gasteiger partial charge in [0.15, 0.2) is 16.6 Å². The third-order valence-electron chi connectivity index (χ3n) is 4.07. The smallest absolute Gasteiger partial charge is 0.338 e. The summed E-state index contributed by atoms with van der Waals surface area (Å²) in [4.78, 5) is 24.1. The lowest BCUT2D eigenvalue weighted by Gasteiger charge is -2.30. The van der Waals surface area contributed by atoms with Gasteiger partial charge in [-0.05, 0) is 36.8 Å². The molecule has 1 unspecified atom stereocenters. The summed E-state index contributed by atoms with van der Waals surface area (Å²) in [7, 11) is 4.40. The first-order valence-corrected chi connectivity index (χ1v) is 9.11. The molecule has 0 spiro atoms. The minimum absolute atomic E-state index is 0.112. The van der Waals surface area contributed by atoms with E-state index in [0.717, 1.165) is 0 Å². The number of methoxy groups -OCH3 is 3. The van der Waals surface area contributed by atoms with Crippen LogP contribution in [0.25, 0.3) is 0 Å². The summed E-state index contributed by atoms with van der Waals surface area (Å²) in [5.74, 6) is -0.355. The van der Waals surface area contributed by atoms with Crippen LogP contribution >= 0.6 is 12.2 Å². The Kier molecular flexibility index (Phi) is 7.80. The summed E-state index contributed by atoms with van der Waals surface area (Å²) >= 11 is 5.25. The van der Waals surface area contributed by atoms with E-state index in [0.29, 0.717) is 21.9 Å². The second-order valence-corrected chi connectivity index (χ2v) is 6.46. The molecule has 0 saturated heterocycles. The molecule has 1 heterocycles. The standard InChI is InChI=1S/C19H24N2O7S/c1-10-15(18(23)27-7-6-24-3)16(21-19(29)20-10)12-8-13(25-4)17(28-11(2)22)14(9-12)26-5/h8-9,16H,6-7H2,1-5H3,(H2,20,21,29). The molecule has 1 aromatic carbocycles. The SMILES string of the molecule is COCCOC(=O)C1=C(C)NC(=S)NC1c1cc(OC)c(OC(C)=O)c(OC)c1. The van der Waals surface area contributed by atoms with Crippen molar-refractivity contribution in [1.82, 2.24) is 10.6 Å². The average molecular weight is 424 g/mol. The topological polar surface area (TPSA) is 104 Å². The van der Waals surface area contributed by atoms with Crippen molar-refractivity contribution in [3.8, 4) is 17.2 Å². The first-order chi connectivity index (χ1) is 13.8. The van der Waals surface area contributed by atoms with Gasteiger partial charge in [-0.25, -0.2) is 4.79 Å². The van der Waals surface area contributed by atoms with Crippen LogP contribution in [0.4, 0.5) is 0 Å². The molecule has 2 N–H and O–H groups in total. The Morgan fingerprint density at radius 2 is 1.72 bits per heavy atom. The quantitative estimate of drug-likeness (QED) is 0.277. The van der Waals surface area contributed by atoms with E-state index in [1.54, 1.807) is 19.1 Å². The fourth-order valence-electron chi connectivity index (χ4n) is 2.82. The number of carbonyl (C=O) groups excluding carboxylic acids is 2. The normalized spacial score (nSPS) is 15.9. The van der Waals surface area contributed by atoms with E-state index in [1.165, 1.54) is 28.3 Å². The molecule has 0 fully saturated rings. The maximum Gasteiger partial charge on any atom is 0.338 e. The van der Waals surface area contributed by atoms with E-state index in [9.17, 15) is 9.59 Å². The van der Waals surface area contributed by atoms with Gasteiger partial charge in [-0.3, -0.25) is 4.79 Å². The van der Waals surface area contributed by atoms with E-state index in [1.807, 2.05) is 0 Å². The lowest BCUT2D eigenvalue weighted by molar-refractivity contribution is -0.140. The molecule has 0 radical (unpaired) electrons. The molecule has 1 atom stereocenters. The fraction of sp³-hybridized carbons (Fsp3) is 0.421. The highest BCUT2D eigenvalue weighted by Crippen LogP contribution is 2.42. The highest BCUT2D eigenvalue weighted by atomic mass is 32.1. The molecule has 0 amide bonds. The Hall–Kier alpha value is -2.85. The highest BCUT2D eigenvalue weighted by molar-refractivity contribution is 7.80. The zero-order valence-corrected chi connectivity index (χ0v) is 17.7. The number of benzene rings is 1. The van der Waals surface area contributed by atoms with Crippen LogP contribution in [0.1, 0.15) is 25.5 Å². The molecule has 10 heteroatoms. The molecule has 2 rings (SSSR count). The van der Waals surface area contributed by atoms with E-state index in [2.05, 4.69) is 10.6 Å². The van der Waals surface area contributed by atoms with Gasteiger partial charge in [0, 0.05) is 19.7 Å². The van der Waals surface area contributed by atoms with E-state index in [-0.39, 0.29) is 30.5 Å². The minimum Gasteiger partial charge on any atom is -0.493 e. The van der Waals surface area contributed by atoms with Crippen LogP contribution in [0, 0.1) is 0 Å². The predicted molar refractivity (Wildman–Crippen MR) is 108 cm³/mol. The molecule has 1 aromatic rings. The van der Waals surface area contributed by atoms with Gasteiger partial charge in [0.05, 0.1) is 32.4 Å². The number of rotatable bonds is 8. The Bertz CT molecular complexity index is 813. The lowest BCUT2D eigenvalue weighted by atomic mass is 9.95. The maximum absolute atomic E-state index is 12.7. The Balaban J connectivity index is 2.51. The molecule has 158 valence electrons. The second-order valence-electron chi connectivity index (χ2n) is 6.05. The number of carbonyl (C=O) groups is 2. The Morgan fingerprint density at radius 3 is 2.24 bits per heavy atom. The lowest BCUT2D eigenvalue weighted by Crippen LogP contribution is -2.45. The molecule has 0 aliphatic carbocycles.